The summed E-state index contributed by atoms with van der Waals surface area (Å²) in [6.45, 7) is 2.02. The highest BCUT2D eigenvalue weighted by molar-refractivity contribution is 7.22. The van der Waals surface area contributed by atoms with Gasteiger partial charge in [-0.3, -0.25) is 4.79 Å². The second-order valence-corrected chi connectivity index (χ2v) is 7.93. The van der Waals surface area contributed by atoms with Crippen LogP contribution in [-0.4, -0.2) is 23.0 Å². The molecular weight excluding hydrogens is 378 g/mol. The summed E-state index contributed by atoms with van der Waals surface area (Å²) < 4.78 is 6.24. The van der Waals surface area contributed by atoms with Crippen molar-refractivity contribution in [2.75, 3.05) is 12.4 Å². The molecule has 0 aliphatic heterocycles. The fourth-order valence-corrected chi connectivity index (χ4v) is 4.51. The largest absolute Gasteiger partial charge is 0.497 e. The lowest BCUT2D eigenvalue weighted by Crippen LogP contribution is -2.14. The first-order valence-electron chi connectivity index (χ1n) is 8.37. The van der Waals surface area contributed by atoms with E-state index in [1.165, 1.54) is 22.7 Å². The van der Waals surface area contributed by atoms with Crippen LogP contribution in [0.15, 0.2) is 47.8 Å². The number of fused-ring (bicyclic) bond motifs is 1. The lowest BCUT2D eigenvalue weighted by atomic mass is 10.2. The topological polar surface area (TPSA) is 64.1 Å². The molecule has 0 aliphatic carbocycles. The van der Waals surface area contributed by atoms with Crippen LogP contribution in [0.2, 0.25) is 0 Å². The summed E-state index contributed by atoms with van der Waals surface area (Å²) in [5.74, 6) is 0.694. The van der Waals surface area contributed by atoms with Crippen LogP contribution >= 0.6 is 22.7 Å². The number of carbonyl (C=O) groups is 1. The minimum atomic E-state index is -0.113. The van der Waals surface area contributed by atoms with Gasteiger partial charge in [0, 0.05) is 10.9 Å². The number of para-hydroxylation sites is 1. The number of nitrogens with one attached hydrogen (secondary N) is 1. The minimum Gasteiger partial charge on any atom is -0.497 e. The molecule has 2 aromatic carbocycles. The van der Waals surface area contributed by atoms with Gasteiger partial charge < -0.3 is 10.1 Å². The second-order valence-electron chi connectivity index (χ2n) is 6.04. The standard InChI is InChI=1S/C20H17N3O2S2/c1-12-4-3-5-16-18(12)23-20(27-16)22-17(24)10-14-11-26-19(21-14)13-6-8-15(25-2)9-7-13/h3-9,11H,10H2,1-2H3,(H,22,23,24). The molecule has 7 heteroatoms. The number of amides is 1. The highest BCUT2D eigenvalue weighted by Gasteiger charge is 2.12. The van der Waals surface area contributed by atoms with Crippen LogP contribution in [0.25, 0.3) is 20.8 Å². The first-order chi connectivity index (χ1) is 13.1. The van der Waals surface area contributed by atoms with E-state index in [-0.39, 0.29) is 12.3 Å². The number of carbonyl (C=O) groups excluding carboxylic acids is 1. The van der Waals surface area contributed by atoms with E-state index in [0.29, 0.717) is 5.13 Å². The number of benzene rings is 2. The van der Waals surface area contributed by atoms with Gasteiger partial charge in [0.05, 0.1) is 29.4 Å². The second kappa shape index (κ2) is 7.46. The van der Waals surface area contributed by atoms with E-state index in [0.717, 1.165) is 37.8 Å². The van der Waals surface area contributed by atoms with Crippen molar-refractivity contribution >= 4 is 43.9 Å². The normalized spacial score (nSPS) is 10.9. The molecular formula is C20H17N3O2S2. The molecule has 4 aromatic rings. The maximum absolute atomic E-state index is 12.4. The summed E-state index contributed by atoms with van der Waals surface area (Å²) in [7, 11) is 1.64. The van der Waals surface area contributed by atoms with E-state index < -0.39 is 0 Å². The smallest absolute Gasteiger partial charge is 0.232 e. The summed E-state index contributed by atoms with van der Waals surface area (Å²) in [5.41, 5.74) is 3.80. The average Bonchev–Trinajstić information content (AvgIpc) is 3.29. The van der Waals surface area contributed by atoms with Gasteiger partial charge in [0.2, 0.25) is 5.91 Å². The molecule has 0 aliphatic rings. The Morgan fingerprint density at radius 2 is 1.96 bits per heavy atom. The predicted octanol–water partition coefficient (Wildman–Crippen LogP) is 4.92. The number of ether oxygens (including phenoxy) is 1. The van der Waals surface area contributed by atoms with Gasteiger partial charge in [-0.25, -0.2) is 9.97 Å². The van der Waals surface area contributed by atoms with Crippen molar-refractivity contribution < 1.29 is 9.53 Å². The summed E-state index contributed by atoms with van der Waals surface area (Å²) >= 11 is 3.01. The number of hydrogen-bond donors (Lipinski definition) is 1. The van der Waals surface area contributed by atoms with Crippen LogP contribution in [0.3, 0.4) is 0 Å². The SMILES string of the molecule is COc1ccc(-c2nc(CC(=O)Nc3nc4c(C)cccc4s3)cs2)cc1. The van der Waals surface area contributed by atoms with E-state index in [2.05, 4.69) is 15.3 Å². The van der Waals surface area contributed by atoms with E-state index >= 15 is 0 Å². The third kappa shape index (κ3) is 3.84. The zero-order valence-corrected chi connectivity index (χ0v) is 16.5. The fraction of sp³-hybridized carbons (Fsp3) is 0.150. The Bertz CT molecular complexity index is 1100. The number of hydrogen-bond acceptors (Lipinski definition) is 6. The summed E-state index contributed by atoms with van der Waals surface area (Å²) in [4.78, 5) is 21.5. The first-order valence-corrected chi connectivity index (χ1v) is 10.1. The van der Waals surface area contributed by atoms with Crippen LogP contribution in [0.5, 0.6) is 5.75 Å². The molecule has 0 unspecified atom stereocenters. The van der Waals surface area contributed by atoms with Crippen molar-refractivity contribution in [3.8, 4) is 16.3 Å². The Morgan fingerprint density at radius 3 is 2.70 bits per heavy atom. The highest BCUT2D eigenvalue weighted by Crippen LogP contribution is 2.28. The van der Waals surface area contributed by atoms with Gasteiger partial charge in [-0.2, -0.15) is 0 Å². The lowest BCUT2D eigenvalue weighted by Gasteiger charge is -2.00. The van der Waals surface area contributed by atoms with Crippen molar-refractivity contribution in [3.05, 3.63) is 59.1 Å². The maximum atomic E-state index is 12.4. The van der Waals surface area contributed by atoms with Crippen molar-refractivity contribution in [2.45, 2.75) is 13.3 Å². The molecule has 0 saturated carbocycles. The average molecular weight is 396 g/mol. The number of aryl methyl sites for hydroxylation is 1. The van der Waals surface area contributed by atoms with Crippen LogP contribution < -0.4 is 10.1 Å². The molecule has 0 radical (unpaired) electrons. The predicted molar refractivity (Wildman–Crippen MR) is 111 cm³/mol. The molecule has 1 N–H and O–H groups in total. The van der Waals surface area contributed by atoms with Crippen LogP contribution in [0.1, 0.15) is 11.3 Å². The van der Waals surface area contributed by atoms with Gasteiger partial charge in [-0.05, 0) is 42.8 Å². The third-order valence-electron chi connectivity index (χ3n) is 4.10. The molecule has 2 heterocycles. The fourth-order valence-electron chi connectivity index (χ4n) is 2.72. The number of rotatable bonds is 5. The van der Waals surface area contributed by atoms with Gasteiger partial charge in [0.15, 0.2) is 5.13 Å². The Labute approximate surface area is 164 Å². The molecule has 4 rings (SSSR count). The molecule has 1 amide bonds. The number of aromatic nitrogens is 2. The van der Waals surface area contributed by atoms with Crippen molar-refractivity contribution in [1.29, 1.82) is 0 Å². The number of methoxy groups -OCH3 is 1. The van der Waals surface area contributed by atoms with Gasteiger partial charge in [-0.15, -0.1) is 11.3 Å². The zero-order chi connectivity index (χ0) is 18.8. The van der Waals surface area contributed by atoms with E-state index in [1.807, 2.05) is 54.8 Å². The van der Waals surface area contributed by atoms with Gasteiger partial charge >= 0.3 is 0 Å². The van der Waals surface area contributed by atoms with E-state index in [4.69, 9.17) is 4.74 Å². The highest BCUT2D eigenvalue weighted by atomic mass is 32.1. The van der Waals surface area contributed by atoms with Crippen molar-refractivity contribution in [2.24, 2.45) is 0 Å². The van der Waals surface area contributed by atoms with Gasteiger partial charge in [0.1, 0.15) is 10.8 Å². The molecule has 0 atom stereocenters. The Hall–Kier alpha value is -2.77. The molecule has 2 aromatic heterocycles. The number of anilines is 1. The lowest BCUT2D eigenvalue weighted by molar-refractivity contribution is -0.115. The quantitative estimate of drug-likeness (QED) is 0.521. The minimum absolute atomic E-state index is 0.113. The molecule has 5 nitrogen and oxygen atoms in total. The Balaban J connectivity index is 1.44. The van der Waals surface area contributed by atoms with Gasteiger partial charge in [-0.1, -0.05) is 23.5 Å². The van der Waals surface area contributed by atoms with Crippen LogP contribution in [0.4, 0.5) is 5.13 Å². The van der Waals surface area contributed by atoms with Gasteiger partial charge in [0.25, 0.3) is 0 Å². The monoisotopic (exact) mass is 395 g/mol. The first kappa shape index (κ1) is 17.6. The summed E-state index contributed by atoms with van der Waals surface area (Å²) in [5, 5.41) is 6.31. The molecule has 136 valence electrons. The number of thiazole rings is 2. The van der Waals surface area contributed by atoms with Crippen LogP contribution in [-0.2, 0) is 11.2 Å². The molecule has 0 spiro atoms. The van der Waals surface area contributed by atoms with Crippen LogP contribution in [0, 0.1) is 6.92 Å². The van der Waals surface area contributed by atoms with E-state index in [9.17, 15) is 4.79 Å². The van der Waals surface area contributed by atoms with E-state index in [1.54, 1.807) is 7.11 Å². The molecule has 27 heavy (non-hydrogen) atoms. The Morgan fingerprint density at radius 1 is 1.15 bits per heavy atom. The molecule has 0 saturated heterocycles. The summed E-state index contributed by atoms with van der Waals surface area (Å²) in [6, 6.07) is 13.8. The van der Waals surface area contributed by atoms with Crippen molar-refractivity contribution in [1.82, 2.24) is 9.97 Å². The molecule has 0 bridgehead atoms. The zero-order valence-electron chi connectivity index (χ0n) is 14.9. The summed E-state index contributed by atoms with van der Waals surface area (Å²) in [6.07, 6.45) is 0.224. The molecule has 0 fully saturated rings. The third-order valence-corrected chi connectivity index (χ3v) is 5.97. The number of nitrogens with zero attached hydrogens (tertiary/aromatic N) is 2. The maximum Gasteiger partial charge on any atom is 0.232 e. The Kier molecular flexibility index (Phi) is 4.87. The van der Waals surface area contributed by atoms with Crippen molar-refractivity contribution in [3.63, 3.8) is 0 Å².